The molecule has 0 bridgehead atoms. The number of nitrogens with two attached hydrogens (primary N) is 1. The molecule has 0 saturated carbocycles. The van der Waals surface area contributed by atoms with Gasteiger partial charge in [-0.15, -0.1) is 0 Å². The van der Waals surface area contributed by atoms with Crippen LogP contribution in [-0.2, 0) is 4.79 Å². The first kappa shape index (κ1) is 13.3. The zero-order valence-electron chi connectivity index (χ0n) is 11.7. The summed E-state index contributed by atoms with van der Waals surface area (Å²) in [6.07, 6.45) is 3.77. The van der Waals surface area contributed by atoms with Crippen LogP contribution in [0.2, 0.25) is 0 Å². The maximum atomic E-state index is 11.3. The van der Waals surface area contributed by atoms with Crippen molar-refractivity contribution in [1.82, 2.24) is 9.38 Å². The number of rotatable bonds is 3. The van der Waals surface area contributed by atoms with E-state index in [-0.39, 0.29) is 12.5 Å². The van der Waals surface area contributed by atoms with Crippen LogP contribution in [0.5, 0.6) is 0 Å². The second kappa shape index (κ2) is 5.38. The van der Waals surface area contributed by atoms with Gasteiger partial charge < -0.3 is 15.5 Å². The number of anilines is 1. The maximum absolute atomic E-state index is 11.3. The lowest BCUT2D eigenvalue weighted by molar-refractivity contribution is -0.114. The molecule has 0 atom stereocenters. The van der Waals surface area contributed by atoms with E-state index in [0.29, 0.717) is 5.69 Å². The Bertz CT molecular complexity index is 790. The van der Waals surface area contributed by atoms with Crippen molar-refractivity contribution in [2.75, 3.05) is 11.9 Å². The Balaban J connectivity index is 1.96. The number of hydrogen-bond donors (Lipinski definition) is 2. The highest BCUT2D eigenvalue weighted by atomic mass is 16.1. The smallest absolute Gasteiger partial charge is 0.238 e. The third-order valence-corrected chi connectivity index (χ3v) is 3.27. The van der Waals surface area contributed by atoms with Crippen molar-refractivity contribution in [3.05, 3.63) is 54.4 Å². The Morgan fingerprint density at radius 3 is 2.67 bits per heavy atom. The van der Waals surface area contributed by atoms with Gasteiger partial charge in [0.2, 0.25) is 5.91 Å². The minimum atomic E-state index is -0.215. The number of aryl methyl sites for hydroxylation is 1. The molecule has 106 valence electrons. The molecule has 0 saturated heterocycles. The fourth-order valence-corrected chi connectivity index (χ4v) is 2.14. The molecule has 0 aliphatic heterocycles. The number of carbonyl (C=O) groups excluding carboxylic acids is 1. The summed E-state index contributed by atoms with van der Waals surface area (Å²) in [5.74, 6) is -0.215. The molecule has 5 nitrogen and oxygen atoms in total. The topological polar surface area (TPSA) is 72.4 Å². The van der Waals surface area contributed by atoms with E-state index in [4.69, 9.17) is 5.73 Å². The second-order valence-corrected chi connectivity index (χ2v) is 4.93. The van der Waals surface area contributed by atoms with Gasteiger partial charge in [-0.2, -0.15) is 0 Å². The highest BCUT2D eigenvalue weighted by Gasteiger charge is 2.06. The lowest BCUT2D eigenvalue weighted by Crippen LogP contribution is -2.21. The van der Waals surface area contributed by atoms with Crippen LogP contribution in [0.1, 0.15) is 5.56 Å². The van der Waals surface area contributed by atoms with Crippen LogP contribution in [0, 0.1) is 6.92 Å². The zero-order chi connectivity index (χ0) is 14.8. The van der Waals surface area contributed by atoms with E-state index in [9.17, 15) is 4.79 Å². The normalized spacial score (nSPS) is 10.8. The Morgan fingerprint density at radius 1 is 1.19 bits per heavy atom. The van der Waals surface area contributed by atoms with Gasteiger partial charge in [-0.1, -0.05) is 29.8 Å². The van der Waals surface area contributed by atoms with Crippen molar-refractivity contribution >= 4 is 17.2 Å². The van der Waals surface area contributed by atoms with Gasteiger partial charge in [0, 0.05) is 18.0 Å². The van der Waals surface area contributed by atoms with Crippen molar-refractivity contribution < 1.29 is 4.79 Å². The van der Waals surface area contributed by atoms with Crippen LogP contribution in [0.3, 0.4) is 0 Å². The molecule has 1 amide bonds. The average molecular weight is 280 g/mol. The Labute approximate surface area is 122 Å². The standard InChI is InChI=1S/C16H16N4O/c1-11-2-4-12(5-3-11)14-10-20-9-13(18-16(21)8-17)6-7-15(20)19-14/h2-7,9-10H,8,17H2,1H3,(H,18,21). The quantitative estimate of drug-likeness (QED) is 0.772. The van der Waals surface area contributed by atoms with Gasteiger partial charge in [-0.25, -0.2) is 4.98 Å². The summed E-state index contributed by atoms with van der Waals surface area (Å²) in [6, 6.07) is 11.9. The highest BCUT2D eigenvalue weighted by Crippen LogP contribution is 2.20. The van der Waals surface area contributed by atoms with Gasteiger partial charge >= 0.3 is 0 Å². The SMILES string of the molecule is Cc1ccc(-c2cn3cc(NC(=O)CN)ccc3n2)cc1. The Kier molecular flexibility index (Phi) is 3.41. The van der Waals surface area contributed by atoms with Crippen molar-refractivity contribution in [2.45, 2.75) is 6.92 Å². The molecule has 1 aromatic carbocycles. The first-order chi connectivity index (χ1) is 10.2. The van der Waals surface area contributed by atoms with Crippen molar-refractivity contribution in [3.8, 4) is 11.3 Å². The number of amides is 1. The molecule has 0 spiro atoms. The minimum Gasteiger partial charge on any atom is -0.324 e. The van der Waals surface area contributed by atoms with Crippen LogP contribution < -0.4 is 11.1 Å². The molecule has 0 aliphatic rings. The van der Waals surface area contributed by atoms with Crippen LogP contribution in [0.15, 0.2) is 48.8 Å². The third-order valence-electron chi connectivity index (χ3n) is 3.27. The first-order valence-electron chi connectivity index (χ1n) is 6.71. The summed E-state index contributed by atoms with van der Waals surface area (Å²) in [5, 5.41) is 2.73. The number of aromatic nitrogens is 2. The van der Waals surface area contributed by atoms with Crippen LogP contribution in [0.4, 0.5) is 5.69 Å². The fourth-order valence-electron chi connectivity index (χ4n) is 2.14. The van der Waals surface area contributed by atoms with E-state index in [2.05, 4.69) is 29.4 Å². The molecule has 2 aromatic heterocycles. The lowest BCUT2D eigenvalue weighted by atomic mass is 10.1. The molecule has 2 heterocycles. The summed E-state index contributed by atoms with van der Waals surface area (Å²) < 4.78 is 1.89. The molecule has 21 heavy (non-hydrogen) atoms. The largest absolute Gasteiger partial charge is 0.324 e. The monoisotopic (exact) mass is 280 g/mol. The number of fused-ring (bicyclic) bond motifs is 1. The summed E-state index contributed by atoms with van der Waals surface area (Å²) in [5.41, 5.74) is 10.0. The van der Waals surface area contributed by atoms with Crippen LogP contribution in [-0.4, -0.2) is 21.8 Å². The summed E-state index contributed by atoms with van der Waals surface area (Å²) in [4.78, 5) is 15.9. The van der Waals surface area contributed by atoms with Crippen molar-refractivity contribution in [3.63, 3.8) is 0 Å². The summed E-state index contributed by atoms with van der Waals surface area (Å²) >= 11 is 0. The first-order valence-corrected chi connectivity index (χ1v) is 6.71. The number of pyridine rings is 1. The second-order valence-electron chi connectivity index (χ2n) is 4.93. The third kappa shape index (κ3) is 2.78. The number of nitrogens with zero attached hydrogens (tertiary/aromatic N) is 2. The fraction of sp³-hybridized carbons (Fsp3) is 0.125. The molecule has 0 aliphatic carbocycles. The summed E-state index contributed by atoms with van der Waals surface area (Å²) in [7, 11) is 0. The molecule has 3 N–H and O–H groups in total. The molecule has 3 aromatic rings. The highest BCUT2D eigenvalue weighted by molar-refractivity contribution is 5.92. The van der Waals surface area contributed by atoms with Gasteiger partial charge in [-0.05, 0) is 19.1 Å². The van der Waals surface area contributed by atoms with E-state index < -0.39 is 0 Å². The van der Waals surface area contributed by atoms with Crippen LogP contribution in [0.25, 0.3) is 16.9 Å². The number of carbonyl (C=O) groups is 1. The van der Waals surface area contributed by atoms with E-state index in [0.717, 1.165) is 16.9 Å². The van der Waals surface area contributed by atoms with Gasteiger partial charge in [0.05, 0.1) is 17.9 Å². The predicted molar refractivity (Wildman–Crippen MR) is 83.0 cm³/mol. The molecule has 0 fully saturated rings. The molecule has 3 rings (SSSR count). The van der Waals surface area contributed by atoms with Crippen molar-refractivity contribution in [2.24, 2.45) is 5.73 Å². The van der Waals surface area contributed by atoms with Crippen molar-refractivity contribution in [1.29, 1.82) is 0 Å². The number of imidazole rings is 1. The van der Waals surface area contributed by atoms with E-state index in [1.54, 1.807) is 0 Å². The van der Waals surface area contributed by atoms with Gasteiger partial charge in [0.1, 0.15) is 5.65 Å². The van der Waals surface area contributed by atoms with E-state index >= 15 is 0 Å². The van der Waals surface area contributed by atoms with Gasteiger partial charge in [0.15, 0.2) is 0 Å². The molecular weight excluding hydrogens is 264 g/mol. The number of hydrogen-bond acceptors (Lipinski definition) is 3. The number of benzene rings is 1. The van der Waals surface area contributed by atoms with Crippen LogP contribution >= 0.6 is 0 Å². The summed E-state index contributed by atoms with van der Waals surface area (Å²) in [6.45, 7) is 2.02. The van der Waals surface area contributed by atoms with Gasteiger partial charge in [-0.3, -0.25) is 4.79 Å². The van der Waals surface area contributed by atoms with Gasteiger partial charge in [0.25, 0.3) is 0 Å². The maximum Gasteiger partial charge on any atom is 0.238 e. The van der Waals surface area contributed by atoms with E-state index in [1.807, 2.05) is 41.1 Å². The minimum absolute atomic E-state index is 0.0312. The predicted octanol–water partition coefficient (Wildman–Crippen LogP) is 2.21. The van der Waals surface area contributed by atoms with E-state index in [1.165, 1.54) is 5.56 Å². The Hall–Kier alpha value is -2.66. The number of nitrogens with one attached hydrogen (secondary N) is 1. The zero-order valence-corrected chi connectivity index (χ0v) is 11.7. The molecule has 0 unspecified atom stereocenters. The molecule has 0 radical (unpaired) electrons. The Morgan fingerprint density at radius 2 is 1.95 bits per heavy atom. The molecule has 5 heteroatoms. The molecular formula is C16H16N4O. The lowest BCUT2D eigenvalue weighted by Gasteiger charge is -2.03. The average Bonchev–Trinajstić information content (AvgIpc) is 2.91.